The van der Waals surface area contributed by atoms with Gasteiger partial charge in [0.2, 0.25) is 0 Å². The molecule has 0 radical (unpaired) electrons. The first-order chi connectivity index (χ1) is 18.7. The molecule has 0 heterocycles. The average molecular weight is 822 g/mol. The number of carbonyl (C=O) groups excluding carboxylic acids is 2. The molecule has 3 aromatic rings. The van der Waals surface area contributed by atoms with Gasteiger partial charge < -0.3 is 10.6 Å². The molecule has 3 rings (SSSR count). The first-order valence-electron chi connectivity index (χ1n) is 10.6. The number of halogens is 13. The number of rotatable bonds is 6. The number of hydrogen-bond acceptors (Lipinski definition) is 2. The third kappa shape index (κ3) is 6.24. The summed E-state index contributed by atoms with van der Waals surface area (Å²) >= 11 is 2.42. The molecule has 0 fully saturated rings. The van der Waals surface area contributed by atoms with Gasteiger partial charge in [0.15, 0.2) is 0 Å². The van der Waals surface area contributed by atoms with E-state index in [1.807, 2.05) is 0 Å². The van der Waals surface area contributed by atoms with Crippen molar-refractivity contribution in [3.8, 4) is 0 Å². The van der Waals surface area contributed by atoms with E-state index in [0.717, 1.165) is 24.3 Å². The van der Waals surface area contributed by atoms with Gasteiger partial charge in [-0.3, -0.25) is 9.59 Å². The molecule has 0 aromatic heterocycles. The summed E-state index contributed by atoms with van der Waals surface area (Å²) in [4.78, 5) is 25.1. The van der Waals surface area contributed by atoms with E-state index in [-0.39, 0.29) is 29.1 Å². The molecule has 17 heteroatoms. The van der Waals surface area contributed by atoms with Crippen molar-refractivity contribution in [2.45, 2.75) is 23.9 Å². The van der Waals surface area contributed by atoms with Crippen molar-refractivity contribution >= 4 is 68.4 Å². The minimum atomic E-state index is -6.90. The summed E-state index contributed by atoms with van der Waals surface area (Å²) in [7, 11) is 0. The number of benzene rings is 3. The van der Waals surface area contributed by atoms with E-state index in [1.54, 1.807) is 0 Å². The third-order valence-corrected chi connectivity index (χ3v) is 7.13. The van der Waals surface area contributed by atoms with Gasteiger partial charge >= 0.3 is 23.9 Å². The van der Waals surface area contributed by atoms with E-state index in [2.05, 4.69) is 10.6 Å². The van der Waals surface area contributed by atoms with E-state index in [0.29, 0.717) is 0 Å². The summed E-state index contributed by atoms with van der Waals surface area (Å²) in [6, 6.07) is 7.58. The lowest BCUT2D eigenvalue weighted by Gasteiger charge is -2.36. The molecule has 1 unspecified atom stereocenters. The van der Waals surface area contributed by atoms with Crippen LogP contribution in [-0.4, -0.2) is 30.1 Å². The number of hydrogen-bond donors (Lipinski definition) is 2. The predicted octanol–water partition coefficient (Wildman–Crippen LogP) is 8.60. The standard InChI is InChI=1S/C24H11F11I2N2O2/c25-13-5-2-6-14(26)17(13)20(41)38-12-4-1-3-10(7-12)19(40)39-18-15(36)8-11(9-16(18)37)21(27,23(30,31)32)22(28,29)24(33,34)35/h1-9H,(H,38,41)(H,39,40). The number of carbonyl (C=O) groups is 2. The van der Waals surface area contributed by atoms with Crippen molar-refractivity contribution in [3.63, 3.8) is 0 Å². The van der Waals surface area contributed by atoms with E-state index >= 15 is 0 Å². The Morgan fingerprint density at radius 3 is 1.66 bits per heavy atom. The molecule has 0 bridgehead atoms. The first kappa shape index (κ1) is 32.8. The summed E-state index contributed by atoms with van der Waals surface area (Å²) in [6.45, 7) is 0. The first-order valence-corrected chi connectivity index (χ1v) is 12.7. The molecule has 41 heavy (non-hydrogen) atoms. The summed E-state index contributed by atoms with van der Waals surface area (Å²) in [6.07, 6.45) is -13.6. The zero-order valence-corrected chi connectivity index (χ0v) is 23.7. The van der Waals surface area contributed by atoms with Gasteiger partial charge in [-0.2, -0.15) is 35.1 Å². The van der Waals surface area contributed by atoms with Crippen LogP contribution >= 0.6 is 45.2 Å². The van der Waals surface area contributed by atoms with Crippen LogP contribution < -0.4 is 10.6 Å². The normalized spacial score (nSPS) is 13.9. The number of amides is 2. The van der Waals surface area contributed by atoms with Crippen LogP contribution in [0.1, 0.15) is 26.3 Å². The van der Waals surface area contributed by atoms with Crippen LogP contribution in [0, 0.1) is 18.8 Å². The number of anilines is 2. The Morgan fingerprint density at radius 2 is 1.17 bits per heavy atom. The van der Waals surface area contributed by atoms with Crippen LogP contribution in [0.4, 0.5) is 59.7 Å². The van der Waals surface area contributed by atoms with Crippen molar-refractivity contribution < 1.29 is 57.9 Å². The van der Waals surface area contributed by atoms with Crippen LogP contribution in [0.2, 0.25) is 0 Å². The molecule has 0 saturated carbocycles. The molecule has 2 amide bonds. The summed E-state index contributed by atoms with van der Waals surface area (Å²) in [5, 5.41) is 4.38. The second-order valence-corrected chi connectivity index (χ2v) is 10.5. The Balaban J connectivity index is 1.93. The van der Waals surface area contributed by atoms with Crippen LogP contribution in [-0.2, 0) is 5.67 Å². The van der Waals surface area contributed by atoms with Gasteiger partial charge in [0.1, 0.15) is 17.2 Å². The Hall–Kier alpha value is -2.71. The van der Waals surface area contributed by atoms with Gasteiger partial charge in [-0.25, -0.2) is 13.2 Å². The maximum Gasteiger partial charge on any atom is 0.457 e. The molecule has 0 spiro atoms. The highest BCUT2D eigenvalue weighted by atomic mass is 127. The SMILES string of the molecule is O=C(Nc1c(I)cc(C(F)(C(F)(F)F)C(F)(F)C(F)(F)F)cc1I)c1cccc(NC(=O)c2c(F)cccc2F)c1. The largest absolute Gasteiger partial charge is 0.457 e. The summed E-state index contributed by atoms with van der Waals surface area (Å²) in [5.41, 5.74) is -9.83. The van der Waals surface area contributed by atoms with Crippen LogP contribution in [0.25, 0.3) is 0 Å². The van der Waals surface area contributed by atoms with Gasteiger partial charge in [-0.15, -0.1) is 0 Å². The van der Waals surface area contributed by atoms with Crippen molar-refractivity contribution in [2.75, 3.05) is 10.6 Å². The smallest absolute Gasteiger partial charge is 0.322 e. The van der Waals surface area contributed by atoms with E-state index in [4.69, 9.17) is 0 Å². The summed E-state index contributed by atoms with van der Waals surface area (Å²) in [5.74, 6) is -11.4. The summed E-state index contributed by atoms with van der Waals surface area (Å²) < 4.78 is 148. The van der Waals surface area contributed by atoms with Gasteiger partial charge in [0.05, 0.1) is 5.69 Å². The van der Waals surface area contributed by atoms with Gasteiger partial charge in [0, 0.05) is 24.0 Å². The highest BCUT2D eigenvalue weighted by Crippen LogP contribution is 2.58. The fourth-order valence-electron chi connectivity index (χ4n) is 3.44. The monoisotopic (exact) mass is 822 g/mol. The fraction of sp³-hybridized carbons (Fsp3) is 0.167. The predicted molar refractivity (Wildman–Crippen MR) is 140 cm³/mol. The highest BCUT2D eigenvalue weighted by molar-refractivity contribution is 14.1. The van der Waals surface area contributed by atoms with Gasteiger partial charge in [-0.1, -0.05) is 12.1 Å². The van der Waals surface area contributed by atoms with Crippen molar-refractivity contribution in [2.24, 2.45) is 0 Å². The van der Waals surface area contributed by atoms with Crippen LogP contribution in [0.3, 0.4) is 0 Å². The van der Waals surface area contributed by atoms with E-state index in [1.165, 1.54) is 63.4 Å². The molecular formula is C24H11F11I2N2O2. The Labute approximate surface area is 250 Å². The van der Waals surface area contributed by atoms with Crippen molar-refractivity contribution in [3.05, 3.63) is 90.1 Å². The molecular weight excluding hydrogens is 811 g/mol. The Morgan fingerprint density at radius 1 is 0.659 bits per heavy atom. The molecule has 0 aliphatic carbocycles. The van der Waals surface area contributed by atoms with Crippen LogP contribution in [0.5, 0.6) is 0 Å². The second-order valence-electron chi connectivity index (χ2n) is 8.13. The zero-order chi connectivity index (χ0) is 31.1. The third-order valence-electron chi connectivity index (χ3n) is 5.43. The molecule has 2 N–H and O–H groups in total. The van der Waals surface area contributed by atoms with E-state index in [9.17, 15) is 57.9 Å². The minimum Gasteiger partial charge on any atom is -0.322 e. The fourth-order valence-corrected chi connectivity index (χ4v) is 5.48. The van der Waals surface area contributed by atoms with Crippen molar-refractivity contribution in [1.82, 2.24) is 0 Å². The Bertz CT molecular complexity index is 1470. The molecule has 3 aromatic carbocycles. The molecule has 220 valence electrons. The Kier molecular flexibility index (Phi) is 9.22. The quantitative estimate of drug-likeness (QED) is 0.194. The van der Waals surface area contributed by atoms with Crippen LogP contribution in [0.15, 0.2) is 54.6 Å². The van der Waals surface area contributed by atoms with E-state index < -0.39 is 65.7 Å². The molecule has 0 saturated heterocycles. The lowest BCUT2D eigenvalue weighted by molar-refractivity contribution is -0.389. The lowest BCUT2D eigenvalue weighted by atomic mass is 9.87. The van der Waals surface area contributed by atoms with Crippen molar-refractivity contribution in [1.29, 1.82) is 0 Å². The maximum absolute atomic E-state index is 14.9. The highest BCUT2D eigenvalue weighted by Gasteiger charge is 2.81. The number of nitrogens with one attached hydrogen (secondary N) is 2. The van der Waals surface area contributed by atoms with Gasteiger partial charge in [0.25, 0.3) is 11.8 Å². The zero-order valence-electron chi connectivity index (χ0n) is 19.4. The number of alkyl halides is 9. The maximum atomic E-state index is 14.9. The molecule has 0 aliphatic rings. The molecule has 0 aliphatic heterocycles. The average Bonchev–Trinajstić information content (AvgIpc) is 2.84. The molecule has 4 nitrogen and oxygen atoms in total. The molecule has 1 atom stereocenters. The van der Waals surface area contributed by atoms with Gasteiger partial charge in [-0.05, 0) is 87.6 Å². The minimum absolute atomic E-state index is 0.0884. The lowest BCUT2D eigenvalue weighted by Crippen LogP contribution is -2.59. The topological polar surface area (TPSA) is 58.2 Å². The second kappa shape index (κ2) is 11.5.